The van der Waals surface area contributed by atoms with E-state index in [1.54, 1.807) is 0 Å². The summed E-state index contributed by atoms with van der Waals surface area (Å²) in [4.78, 5) is 61.6. The van der Waals surface area contributed by atoms with Crippen LogP contribution in [0, 0.1) is 18.6 Å². The fraction of sp³-hybridized carbons (Fsp3) is 0.176. The molecule has 13 nitrogen and oxygen atoms in total. The second kappa shape index (κ2) is 16.1. The van der Waals surface area contributed by atoms with E-state index < -0.39 is 11.6 Å². The first-order chi connectivity index (χ1) is 14.7. The zero-order chi connectivity index (χ0) is 23.4. The number of hydrogen-bond donors (Lipinski definition) is 2. The van der Waals surface area contributed by atoms with Gasteiger partial charge in [-0.25, -0.2) is 18.7 Å². The standard InChI is InChI=1S/C8H7FN2O2.C7H5FN2O2.2CO2.Na.H2O/c1-4-5(9)2-6-8(10-4)11-7(12)3-13-6;8-4-1-5-7(9-2-4)10-6(11)3-12-5;2*2-1-3;;/h2H,3H2,1H3,(H,10,11,12);1-2H,3H2,(H,9,10,11);;;;1H2/q;;;;+1;/p-1. The third-order valence-electron chi connectivity index (χ3n) is 3.17. The van der Waals surface area contributed by atoms with Crippen LogP contribution in [-0.4, -0.2) is 52.8 Å². The molecule has 2 aromatic rings. The van der Waals surface area contributed by atoms with E-state index in [4.69, 9.17) is 28.7 Å². The van der Waals surface area contributed by atoms with Gasteiger partial charge in [-0.3, -0.25) is 9.59 Å². The van der Waals surface area contributed by atoms with Crippen molar-refractivity contribution in [2.24, 2.45) is 0 Å². The van der Waals surface area contributed by atoms with Crippen LogP contribution in [0.1, 0.15) is 5.69 Å². The van der Waals surface area contributed by atoms with Crippen LogP contribution in [0.15, 0.2) is 18.3 Å². The van der Waals surface area contributed by atoms with Gasteiger partial charge in [-0.2, -0.15) is 19.2 Å². The number of aryl methyl sites for hydroxylation is 1. The van der Waals surface area contributed by atoms with Gasteiger partial charge in [0.15, 0.2) is 36.3 Å². The normalized spacial score (nSPS) is 11.5. The first-order valence-electron chi connectivity index (χ1n) is 7.92. The van der Waals surface area contributed by atoms with Crippen molar-refractivity contribution in [3.05, 3.63) is 35.7 Å². The first-order valence-corrected chi connectivity index (χ1v) is 7.92. The second-order valence-corrected chi connectivity index (χ2v) is 5.24. The Labute approximate surface area is 205 Å². The summed E-state index contributed by atoms with van der Waals surface area (Å²) in [6.07, 6.45) is 1.52. The monoisotopic (exact) mass is 478 g/mol. The number of aromatic nitrogens is 2. The maximum atomic E-state index is 12.9. The molecule has 2 aromatic heterocycles. The molecule has 16 heteroatoms. The van der Waals surface area contributed by atoms with Crippen molar-refractivity contribution >= 4 is 35.8 Å². The SMILES string of the molecule is Cc1nc2c(cc1F)OCC(=O)N2.O=C1COc2cc(F)cnc2N1.O=C=O.O=C=O.[Na+].[OH-]. The number of hydrogen-bond acceptors (Lipinski definition) is 11. The van der Waals surface area contributed by atoms with Crippen molar-refractivity contribution in [3.63, 3.8) is 0 Å². The zero-order valence-electron chi connectivity index (χ0n) is 17.0. The fourth-order valence-corrected chi connectivity index (χ4v) is 2.01. The molecule has 0 saturated carbocycles. The van der Waals surface area contributed by atoms with E-state index in [2.05, 4.69) is 20.6 Å². The number of rotatable bonds is 0. The molecule has 0 bridgehead atoms. The van der Waals surface area contributed by atoms with Crippen molar-refractivity contribution < 1.29 is 82.1 Å². The summed E-state index contributed by atoms with van der Waals surface area (Å²) in [7, 11) is 0. The molecule has 0 unspecified atom stereocenters. The zero-order valence-corrected chi connectivity index (χ0v) is 19.0. The van der Waals surface area contributed by atoms with Gasteiger partial charge in [-0.1, -0.05) is 0 Å². The van der Waals surface area contributed by atoms with Gasteiger partial charge < -0.3 is 25.6 Å². The van der Waals surface area contributed by atoms with Crippen LogP contribution in [0.3, 0.4) is 0 Å². The van der Waals surface area contributed by atoms with Gasteiger partial charge in [-0.05, 0) is 6.92 Å². The molecule has 4 heterocycles. The predicted octanol–water partition coefficient (Wildman–Crippen LogP) is -2.93. The van der Waals surface area contributed by atoms with Gasteiger partial charge in [0, 0.05) is 12.1 Å². The number of nitrogens with zero attached hydrogens (tertiary/aromatic N) is 2. The van der Waals surface area contributed by atoms with Gasteiger partial charge in [-0.15, -0.1) is 0 Å². The summed E-state index contributed by atoms with van der Waals surface area (Å²) >= 11 is 0. The third kappa shape index (κ3) is 10.5. The van der Waals surface area contributed by atoms with Crippen LogP contribution in [0.2, 0.25) is 0 Å². The van der Waals surface area contributed by atoms with E-state index >= 15 is 0 Å². The van der Waals surface area contributed by atoms with E-state index in [-0.39, 0.29) is 101 Å². The van der Waals surface area contributed by atoms with Crippen molar-refractivity contribution in [3.8, 4) is 11.5 Å². The molecule has 2 amide bonds. The molecular weight excluding hydrogens is 465 g/mol. The van der Waals surface area contributed by atoms with E-state index in [1.807, 2.05) is 0 Å². The number of anilines is 2. The largest absolute Gasteiger partial charge is 1.00 e. The van der Waals surface area contributed by atoms with Crippen molar-refractivity contribution in [1.29, 1.82) is 0 Å². The summed E-state index contributed by atoms with van der Waals surface area (Å²) in [6.45, 7) is 1.35. The Balaban J connectivity index is 0. The molecule has 2 aliphatic rings. The summed E-state index contributed by atoms with van der Waals surface area (Å²) in [5.41, 5.74) is 0.240. The molecule has 2 aliphatic heterocycles. The fourth-order valence-electron chi connectivity index (χ4n) is 2.01. The third-order valence-corrected chi connectivity index (χ3v) is 3.17. The Morgan fingerprint density at radius 2 is 1.36 bits per heavy atom. The van der Waals surface area contributed by atoms with Crippen LogP contribution in [0.5, 0.6) is 11.5 Å². The molecule has 3 N–H and O–H groups in total. The van der Waals surface area contributed by atoms with E-state index in [1.165, 1.54) is 19.1 Å². The Hall–Kier alpha value is -3.58. The Morgan fingerprint density at radius 3 is 1.88 bits per heavy atom. The number of nitrogens with one attached hydrogen (secondary N) is 2. The number of carbonyl (C=O) groups is 2. The number of fused-ring (bicyclic) bond motifs is 2. The molecule has 0 fully saturated rings. The van der Waals surface area contributed by atoms with Gasteiger partial charge in [0.1, 0.15) is 11.6 Å². The molecule has 4 rings (SSSR count). The number of halogens is 2. The molecule has 0 aromatic carbocycles. The minimum Gasteiger partial charge on any atom is -0.870 e. The maximum Gasteiger partial charge on any atom is 1.00 e. The second-order valence-electron chi connectivity index (χ2n) is 5.24. The van der Waals surface area contributed by atoms with Gasteiger partial charge in [0.05, 0.1) is 11.9 Å². The number of pyridine rings is 2. The molecule has 0 atom stereocenters. The molecule has 0 spiro atoms. The number of ether oxygens (including phenoxy) is 2. The van der Waals surface area contributed by atoms with E-state index in [9.17, 15) is 18.4 Å². The van der Waals surface area contributed by atoms with Crippen LogP contribution in [-0.2, 0) is 28.8 Å². The van der Waals surface area contributed by atoms with Crippen LogP contribution in [0.4, 0.5) is 20.4 Å². The van der Waals surface area contributed by atoms with Gasteiger partial charge in [0.25, 0.3) is 11.8 Å². The van der Waals surface area contributed by atoms with E-state index in [0.29, 0.717) is 0 Å². The summed E-state index contributed by atoms with van der Waals surface area (Å²) in [5.74, 6) is -0.354. The minimum atomic E-state index is -0.482. The van der Waals surface area contributed by atoms with Crippen LogP contribution in [0.25, 0.3) is 0 Å². The quantitative estimate of drug-likeness (QED) is 0.367. The Morgan fingerprint density at radius 1 is 0.909 bits per heavy atom. The van der Waals surface area contributed by atoms with Crippen molar-refractivity contribution in [2.75, 3.05) is 23.8 Å². The summed E-state index contributed by atoms with van der Waals surface area (Å²) < 4.78 is 35.3. The average Bonchev–Trinajstić information content (AvgIpc) is 2.71. The summed E-state index contributed by atoms with van der Waals surface area (Å²) in [6, 6.07) is 2.40. The van der Waals surface area contributed by atoms with E-state index in [0.717, 1.165) is 6.20 Å². The predicted molar refractivity (Wildman–Crippen MR) is 93.3 cm³/mol. The number of carbonyl (C=O) groups excluding carboxylic acids is 6. The Bertz CT molecular complexity index is 1030. The smallest absolute Gasteiger partial charge is 0.870 e. The van der Waals surface area contributed by atoms with Crippen LogP contribution >= 0.6 is 0 Å². The average molecular weight is 478 g/mol. The van der Waals surface area contributed by atoms with Crippen molar-refractivity contribution in [1.82, 2.24) is 9.97 Å². The molecule has 33 heavy (non-hydrogen) atoms. The first kappa shape index (κ1) is 31.6. The van der Waals surface area contributed by atoms with Crippen LogP contribution < -0.4 is 49.7 Å². The molecule has 0 saturated heterocycles. The molecule has 0 radical (unpaired) electrons. The number of amides is 2. The minimum absolute atomic E-state index is 0. The molecule has 0 aliphatic carbocycles. The maximum absolute atomic E-state index is 12.9. The topological polar surface area (TPSA) is 201 Å². The molecular formula is C17H13F2N4NaO9. The van der Waals surface area contributed by atoms with Gasteiger partial charge in [0.2, 0.25) is 0 Å². The van der Waals surface area contributed by atoms with Crippen molar-refractivity contribution in [2.45, 2.75) is 6.92 Å². The van der Waals surface area contributed by atoms with Gasteiger partial charge >= 0.3 is 41.9 Å². The Kier molecular flexibility index (Phi) is 15.4. The molecule has 170 valence electrons. The summed E-state index contributed by atoms with van der Waals surface area (Å²) in [5, 5.41) is 4.93.